The van der Waals surface area contributed by atoms with Crippen LogP contribution in [-0.2, 0) is 9.53 Å². The summed E-state index contributed by atoms with van der Waals surface area (Å²) in [7, 11) is 0. The highest BCUT2D eigenvalue weighted by Gasteiger charge is 2.01. The molecule has 0 aliphatic carbocycles. The van der Waals surface area contributed by atoms with Crippen molar-refractivity contribution < 1.29 is 19.4 Å². The zero-order valence-electron chi connectivity index (χ0n) is 9.05. The SMILES string of the molecule is O=C(O)COCCNC(=O)Nc1cccnc1. The number of carboxylic acids is 1. The number of nitrogens with zero attached hydrogens (tertiary/aromatic N) is 1. The monoisotopic (exact) mass is 239 g/mol. The second kappa shape index (κ2) is 7.18. The number of hydrogen-bond donors (Lipinski definition) is 3. The Kier molecular flexibility index (Phi) is 5.45. The van der Waals surface area contributed by atoms with Crippen LogP contribution in [0, 0.1) is 0 Å². The number of aromatic nitrogens is 1. The zero-order chi connectivity index (χ0) is 12.5. The van der Waals surface area contributed by atoms with Gasteiger partial charge in [0, 0.05) is 12.7 Å². The maximum absolute atomic E-state index is 11.3. The van der Waals surface area contributed by atoms with Gasteiger partial charge in [0.2, 0.25) is 0 Å². The molecule has 1 aromatic heterocycles. The molecule has 0 fully saturated rings. The number of urea groups is 1. The first kappa shape index (κ1) is 12.9. The fraction of sp³-hybridized carbons (Fsp3) is 0.300. The van der Waals surface area contributed by atoms with Crippen LogP contribution >= 0.6 is 0 Å². The Bertz CT molecular complexity index is 369. The van der Waals surface area contributed by atoms with E-state index >= 15 is 0 Å². The molecule has 0 radical (unpaired) electrons. The standard InChI is InChI=1S/C10H13N3O4/c14-9(15)7-17-5-4-12-10(16)13-8-2-1-3-11-6-8/h1-3,6H,4-5,7H2,(H,14,15)(H2,12,13,16). The van der Waals surface area contributed by atoms with E-state index in [9.17, 15) is 9.59 Å². The molecule has 0 atom stereocenters. The van der Waals surface area contributed by atoms with E-state index in [4.69, 9.17) is 9.84 Å². The van der Waals surface area contributed by atoms with Crippen molar-refractivity contribution in [1.29, 1.82) is 0 Å². The van der Waals surface area contributed by atoms with Crippen LogP contribution in [0.15, 0.2) is 24.5 Å². The first-order valence-corrected chi connectivity index (χ1v) is 4.93. The van der Waals surface area contributed by atoms with Crippen molar-refractivity contribution in [2.75, 3.05) is 25.1 Å². The highest BCUT2D eigenvalue weighted by Crippen LogP contribution is 2.01. The molecule has 0 aliphatic rings. The summed E-state index contributed by atoms with van der Waals surface area (Å²) < 4.78 is 4.74. The van der Waals surface area contributed by atoms with Crippen LogP contribution in [0.5, 0.6) is 0 Å². The summed E-state index contributed by atoms with van der Waals surface area (Å²) in [5.41, 5.74) is 0.580. The third-order valence-corrected chi connectivity index (χ3v) is 1.68. The number of carboxylic acid groups (broad SMARTS) is 1. The van der Waals surface area contributed by atoms with Crippen LogP contribution in [0.4, 0.5) is 10.5 Å². The number of pyridine rings is 1. The summed E-state index contributed by atoms with van der Waals surface area (Å²) in [5.74, 6) is -1.04. The molecule has 0 saturated heterocycles. The van der Waals surface area contributed by atoms with Gasteiger partial charge in [-0.15, -0.1) is 0 Å². The van der Waals surface area contributed by atoms with E-state index < -0.39 is 12.0 Å². The summed E-state index contributed by atoms with van der Waals surface area (Å²) in [5, 5.41) is 13.4. The van der Waals surface area contributed by atoms with Crippen LogP contribution in [0.1, 0.15) is 0 Å². The molecule has 2 amide bonds. The Morgan fingerprint density at radius 3 is 2.94 bits per heavy atom. The van der Waals surface area contributed by atoms with E-state index in [0.29, 0.717) is 5.69 Å². The van der Waals surface area contributed by atoms with Gasteiger partial charge in [-0.1, -0.05) is 0 Å². The van der Waals surface area contributed by atoms with Gasteiger partial charge in [-0.25, -0.2) is 9.59 Å². The molecule has 1 aromatic rings. The highest BCUT2D eigenvalue weighted by molar-refractivity contribution is 5.88. The van der Waals surface area contributed by atoms with Gasteiger partial charge in [0.15, 0.2) is 0 Å². The lowest BCUT2D eigenvalue weighted by Gasteiger charge is -2.06. The van der Waals surface area contributed by atoms with E-state index in [1.165, 1.54) is 6.20 Å². The molecule has 0 unspecified atom stereocenters. The molecular formula is C10H13N3O4. The van der Waals surface area contributed by atoms with Crippen LogP contribution < -0.4 is 10.6 Å². The number of aliphatic carboxylic acids is 1. The van der Waals surface area contributed by atoms with Crippen molar-refractivity contribution in [2.24, 2.45) is 0 Å². The maximum Gasteiger partial charge on any atom is 0.329 e. The quantitative estimate of drug-likeness (QED) is 0.620. The molecular weight excluding hydrogens is 226 g/mol. The molecule has 0 aliphatic heterocycles. The number of hydrogen-bond acceptors (Lipinski definition) is 4. The molecule has 0 bridgehead atoms. The molecule has 17 heavy (non-hydrogen) atoms. The number of rotatable bonds is 6. The molecule has 0 spiro atoms. The van der Waals surface area contributed by atoms with Gasteiger partial charge < -0.3 is 20.5 Å². The van der Waals surface area contributed by atoms with E-state index in [1.807, 2.05) is 0 Å². The predicted molar refractivity (Wildman–Crippen MR) is 59.7 cm³/mol. The first-order valence-electron chi connectivity index (χ1n) is 4.93. The first-order chi connectivity index (χ1) is 8.18. The minimum absolute atomic E-state index is 0.146. The normalized spacial score (nSPS) is 9.65. The highest BCUT2D eigenvalue weighted by atomic mass is 16.5. The average molecular weight is 239 g/mol. The number of carbonyl (C=O) groups is 2. The molecule has 0 aromatic carbocycles. The number of anilines is 1. The molecule has 0 saturated carbocycles. The molecule has 1 heterocycles. The molecule has 92 valence electrons. The minimum atomic E-state index is -1.04. The minimum Gasteiger partial charge on any atom is -0.480 e. The maximum atomic E-state index is 11.3. The van der Waals surface area contributed by atoms with Crippen molar-refractivity contribution in [3.63, 3.8) is 0 Å². The van der Waals surface area contributed by atoms with Crippen molar-refractivity contribution in [3.05, 3.63) is 24.5 Å². The second-order valence-electron chi connectivity index (χ2n) is 3.07. The summed E-state index contributed by atoms with van der Waals surface area (Å²) in [6.45, 7) is 0.0119. The molecule has 1 rings (SSSR count). The van der Waals surface area contributed by atoms with Crippen LogP contribution in [0.2, 0.25) is 0 Å². The largest absolute Gasteiger partial charge is 0.480 e. The summed E-state index contributed by atoms with van der Waals surface area (Å²) in [4.78, 5) is 25.2. The Balaban J connectivity index is 2.12. The van der Waals surface area contributed by atoms with E-state index in [-0.39, 0.29) is 19.8 Å². The van der Waals surface area contributed by atoms with Crippen LogP contribution in [-0.4, -0.2) is 41.8 Å². The van der Waals surface area contributed by atoms with Crippen LogP contribution in [0.25, 0.3) is 0 Å². The topological polar surface area (TPSA) is 101 Å². The van der Waals surface area contributed by atoms with Crippen molar-refractivity contribution in [1.82, 2.24) is 10.3 Å². The lowest BCUT2D eigenvalue weighted by atomic mass is 10.4. The van der Waals surface area contributed by atoms with Gasteiger partial charge in [-0.05, 0) is 12.1 Å². The Labute approximate surface area is 97.8 Å². The summed E-state index contributed by atoms with van der Waals surface area (Å²) in [6, 6.07) is 3.01. The zero-order valence-corrected chi connectivity index (χ0v) is 9.05. The molecule has 7 nitrogen and oxygen atoms in total. The third kappa shape index (κ3) is 6.10. The average Bonchev–Trinajstić information content (AvgIpc) is 2.29. The Morgan fingerprint density at radius 1 is 1.47 bits per heavy atom. The molecule has 7 heteroatoms. The smallest absolute Gasteiger partial charge is 0.329 e. The van der Waals surface area contributed by atoms with Gasteiger partial charge in [0.05, 0.1) is 18.5 Å². The fourth-order valence-electron chi connectivity index (χ4n) is 1.01. The van der Waals surface area contributed by atoms with Crippen molar-refractivity contribution in [2.45, 2.75) is 0 Å². The second-order valence-corrected chi connectivity index (χ2v) is 3.07. The third-order valence-electron chi connectivity index (χ3n) is 1.68. The number of ether oxygens (including phenoxy) is 1. The summed E-state index contributed by atoms with van der Waals surface area (Å²) in [6.07, 6.45) is 3.11. The lowest BCUT2D eigenvalue weighted by Crippen LogP contribution is -2.32. The van der Waals surface area contributed by atoms with Gasteiger partial charge in [-0.2, -0.15) is 0 Å². The number of nitrogens with one attached hydrogen (secondary N) is 2. The lowest BCUT2D eigenvalue weighted by molar-refractivity contribution is -0.142. The fourth-order valence-corrected chi connectivity index (χ4v) is 1.01. The summed E-state index contributed by atoms with van der Waals surface area (Å²) >= 11 is 0. The van der Waals surface area contributed by atoms with Crippen LogP contribution in [0.3, 0.4) is 0 Å². The van der Waals surface area contributed by atoms with E-state index in [0.717, 1.165) is 0 Å². The van der Waals surface area contributed by atoms with Crippen molar-refractivity contribution >= 4 is 17.7 Å². The van der Waals surface area contributed by atoms with Gasteiger partial charge in [0.1, 0.15) is 6.61 Å². The van der Waals surface area contributed by atoms with Crippen molar-refractivity contribution in [3.8, 4) is 0 Å². The van der Waals surface area contributed by atoms with E-state index in [2.05, 4.69) is 15.6 Å². The van der Waals surface area contributed by atoms with Gasteiger partial charge in [-0.3, -0.25) is 4.98 Å². The number of amides is 2. The predicted octanol–water partition coefficient (Wildman–Crippen LogP) is 0.304. The Hall–Kier alpha value is -2.15. The van der Waals surface area contributed by atoms with Gasteiger partial charge in [0.25, 0.3) is 0 Å². The Morgan fingerprint density at radius 2 is 2.29 bits per heavy atom. The molecule has 3 N–H and O–H groups in total. The van der Waals surface area contributed by atoms with E-state index in [1.54, 1.807) is 18.3 Å². The van der Waals surface area contributed by atoms with Gasteiger partial charge >= 0.3 is 12.0 Å². The number of carbonyl (C=O) groups excluding carboxylic acids is 1.